The van der Waals surface area contributed by atoms with Crippen molar-refractivity contribution in [2.75, 3.05) is 6.54 Å². The summed E-state index contributed by atoms with van der Waals surface area (Å²) in [4.78, 5) is 4.20. The van der Waals surface area contributed by atoms with Gasteiger partial charge in [0.05, 0.1) is 10.6 Å². The number of hydrogen-bond acceptors (Lipinski definition) is 5. The van der Waals surface area contributed by atoms with E-state index in [1.165, 1.54) is 6.07 Å². The van der Waals surface area contributed by atoms with E-state index in [-0.39, 0.29) is 22.5 Å². The molecule has 0 bridgehead atoms. The smallest absolute Gasteiger partial charge is 0.256 e. The first-order chi connectivity index (χ1) is 10.1. The monoisotopic (exact) mass is 359 g/mol. The molecular weight excluding hydrogens is 348 g/mol. The zero-order chi connectivity index (χ0) is 15.0. The summed E-state index contributed by atoms with van der Waals surface area (Å²) < 4.78 is 37.4. The van der Waals surface area contributed by atoms with Gasteiger partial charge in [0.1, 0.15) is 6.10 Å². The van der Waals surface area contributed by atoms with E-state index >= 15 is 0 Å². The third-order valence-electron chi connectivity index (χ3n) is 3.36. The van der Waals surface area contributed by atoms with Crippen molar-refractivity contribution in [3.8, 4) is 11.4 Å². The average Bonchev–Trinajstić information content (AvgIpc) is 3.13. The van der Waals surface area contributed by atoms with E-state index in [4.69, 9.17) is 15.0 Å². The lowest BCUT2D eigenvalue weighted by Gasteiger charge is -2.07. The summed E-state index contributed by atoms with van der Waals surface area (Å²) in [6.45, 7) is 0.437. The highest BCUT2D eigenvalue weighted by molar-refractivity contribution is 9.10. The molecule has 1 aliphatic heterocycles. The van der Waals surface area contributed by atoms with Gasteiger partial charge < -0.3 is 15.0 Å². The molecule has 1 saturated heterocycles. The Morgan fingerprint density at radius 1 is 1.33 bits per heavy atom. The number of benzene rings is 1. The van der Waals surface area contributed by atoms with Crippen LogP contribution in [0, 0.1) is 11.6 Å². The Balaban J connectivity index is 1.87. The maximum Gasteiger partial charge on any atom is 0.256 e. The average molecular weight is 360 g/mol. The standard InChI is InChI=1S/C13H12BrF2N3O2/c14-10-7(2-3-8(15)11(10)16)12-18-13(21-19-12)9-4-1-6(5-17)20-9/h2-3,6,9H,1,4-5,17H2. The van der Waals surface area contributed by atoms with Gasteiger partial charge in [0.2, 0.25) is 5.82 Å². The summed E-state index contributed by atoms with van der Waals surface area (Å²) in [7, 11) is 0. The Hall–Kier alpha value is -1.38. The normalized spacial score (nSPS) is 21.9. The highest BCUT2D eigenvalue weighted by Gasteiger charge is 2.30. The largest absolute Gasteiger partial charge is 0.364 e. The minimum atomic E-state index is -0.987. The summed E-state index contributed by atoms with van der Waals surface area (Å²) in [5, 5.41) is 3.80. The molecule has 1 fully saturated rings. The molecule has 2 atom stereocenters. The molecule has 0 amide bonds. The molecule has 1 aromatic heterocycles. The van der Waals surface area contributed by atoms with Crippen LogP contribution in [0.5, 0.6) is 0 Å². The van der Waals surface area contributed by atoms with E-state index in [0.717, 1.165) is 18.9 Å². The van der Waals surface area contributed by atoms with Crippen LogP contribution in [0.3, 0.4) is 0 Å². The molecule has 0 spiro atoms. The molecule has 1 aromatic carbocycles. The van der Waals surface area contributed by atoms with Crippen LogP contribution in [0.1, 0.15) is 24.8 Å². The second-order valence-electron chi connectivity index (χ2n) is 4.74. The van der Waals surface area contributed by atoms with Crippen molar-refractivity contribution in [3.05, 3.63) is 34.1 Å². The van der Waals surface area contributed by atoms with Gasteiger partial charge in [0, 0.05) is 12.1 Å². The molecule has 5 nitrogen and oxygen atoms in total. The number of hydrogen-bond donors (Lipinski definition) is 1. The first-order valence-electron chi connectivity index (χ1n) is 6.43. The predicted octanol–water partition coefficient (Wildman–Crippen LogP) is 2.96. The lowest BCUT2D eigenvalue weighted by molar-refractivity contribution is 0.0307. The SMILES string of the molecule is NCC1CCC(c2nc(-c3ccc(F)c(F)c3Br)no2)O1. The predicted molar refractivity (Wildman–Crippen MR) is 73.3 cm³/mol. The van der Waals surface area contributed by atoms with Crippen LogP contribution in [-0.4, -0.2) is 22.8 Å². The first kappa shape index (κ1) is 14.6. The molecule has 1 aliphatic rings. The Morgan fingerprint density at radius 2 is 2.14 bits per heavy atom. The van der Waals surface area contributed by atoms with Crippen molar-refractivity contribution in [2.45, 2.75) is 25.0 Å². The molecule has 2 aromatic rings. The maximum absolute atomic E-state index is 13.5. The molecule has 2 unspecified atom stereocenters. The molecule has 0 saturated carbocycles. The first-order valence-corrected chi connectivity index (χ1v) is 7.22. The van der Waals surface area contributed by atoms with Gasteiger partial charge >= 0.3 is 0 Å². The van der Waals surface area contributed by atoms with Crippen LogP contribution >= 0.6 is 15.9 Å². The van der Waals surface area contributed by atoms with Crippen molar-refractivity contribution in [3.63, 3.8) is 0 Å². The minimum absolute atomic E-state index is 0.0136. The van der Waals surface area contributed by atoms with Crippen LogP contribution in [0.4, 0.5) is 8.78 Å². The summed E-state index contributed by atoms with van der Waals surface area (Å²) in [6, 6.07) is 2.40. The molecule has 8 heteroatoms. The molecule has 21 heavy (non-hydrogen) atoms. The van der Waals surface area contributed by atoms with Gasteiger partial charge in [-0.25, -0.2) is 8.78 Å². The number of aromatic nitrogens is 2. The van der Waals surface area contributed by atoms with Gasteiger partial charge in [0.25, 0.3) is 5.89 Å². The van der Waals surface area contributed by atoms with Crippen molar-refractivity contribution in [1.29, 1.82) is 0 Å². The second-order valence-corrected chi connectivity index (χ2v) is 5.53. The van der Waals surface area contributed by atoms with Gasteiger partial charge in [-0.1, -0.05) is 5.16 Å². The third kappa shape index (κ3) is 2.70. The Kier molecular flexibility index (Phi) is 4.01. The van der Waals surface area contributed by atoms with Gasteiger partial charge in [-0.2, -0.15) is 4.98 Å². The van der Waals surface area contributed by atoms with Gasteiger partial charge in [-0.3, -0.25) is 0 Å². The van der Waals surface area contributed by atoms with Crippen LogP contribution in [-0.2, 0) is 4.74 Å². The molecular formula is C13H12BrF2N3O2. The van der Waals surface area contributed by atoms with Crippen molar-refractivity contribution in [2.24, 2.45) is 5.73 Å². The number of rotatable bonds is 3. The van der Waals surface area contributed by atoms with E-state index < -0.39 is 11.6 Å². The molecule has 2 heterocycles. The van der Waals surface area contributed by atoms with Crippen molar-refractivity contribution >= 4 is 15.9 Å². The Labute approximate surface area is 127 Å². The van der Waals surface area contributed by atoms with E-state index in [2.05, 4.69) is 26.1 Å². The lowest BCUT2D eigenvalue weighted by Crippen LogP contribution is -2.18. The van der Waals surface area contributed by atoms with Crippen molar-refractivity contribution in [1.82, 2.24) is 10.1 Å². The summed E-state index contributed by atoms with van der Waals surface area (Å²) >= 11 is 3.00. The lowest BCUT2D eigenvalue weighted by atomic mass is 10.2. The summed E-state index contributed by atoms with van der Waals surface area (Å²) in [5.74, 6) is -1.44. The van der Waals surface area contributed by atoms with E-state index in [9.17, 15) is 8.78 Å². The van der Waals surface area contributed by atoms with Gasteiger partial charge in [-0.15, -0.1) is 0 Å². The Morgan fingerprint density at radius 3 is 2.86 bits per heavy atom. The van der Waals surface area contributed by atoms with Crippen molar-refractivity contribution < 1.29 is 18.0 Å². The molecule has 2 N–H and O–H groups in total. The zero-order valence-electron chi connectivity index (χ0n) is 10.9. The summed E-state index contributed by atoms with van der Waals surface area (Å²) in [6.07, 6.45) is 1.25. The van der Waals surface area contributed by atoms with Gasteiger partial charge in [0.15, 0.2) is 11.6 Å². The quantitative estimate of drug-likeness (QED) is 0.852. The minimum Gasteiger partial charge on any atom is -0.364 e. The highest BCUT2D eigenvalue weighted by atomic mass is 79.9. The van der Waals surface area contributed by atoms with Crippen LogP contribution in [0.2, 0.25) is 0 Å². The molecule has 0 radical (unpaired) electrons. The zero-order valence-corrected chi connectivity index (χ0v) is 12.4. The fourth-order valence-corrected chi connectivity index (χ4v) is 2.73. The van der Waals surface area contributed by atoms with Crippen LogP contribution < -0.4 is 5.73 Å². The number of halogens is 3. The molecule has 112 valence electrons. The number of nitrogens with two attached hydrogens (primary N) is 1. The fraction of sp³-hybridized carbons (Fsp3) is 0.385. The fourth-order valence-electron chi connectivity index (χ4n) is 2.23. The van der Waals surface area contributed by atoms with E-state index in [1.807, 2.05) is 0 Å². The maximum atomic E-state index is 13.5. The van der Waals surface area contributed by atoms with Crippen LogP contribution in [0.25, 0.3) is 11.4 Å². The van der Waals surface area contributed by atoms with Gasteiger partial charge in [-0.05, 0) is 40.9 Å². The Bertz CT molecular complexity index is 665. The van der Waals surface area contributed by atoms with E-state index in [1.54, 1.807) is 0 Å². The van der Waals surface area contributed by atoms with Crippen LogP contribution in [0.15, 0.2) is 21.1 Å². The molecule has 3 rings (SSSR count). The second kappa shape index (κ2) is 5.78. The number of ether oxygens (including phenoxy) is 1. The topological polar surface area (TPSA) is 74.2 Å². The third-order valence-corrected chi connectivity index (χ3v) is 4.14. The highest BCUT2D eigenvalue weighted by Crippen LogP contribution is 2.34. The molecule has 0 aliphatic carbocycles. The summed E-state index contributed by atoms with van der Waals surface area (Å²) in [5.41, 5.74) is 5.86. The number of nitrogens with zero attached hydrogens (tertiary/aromatic N) is 2. The van der Waals surface area contributed by atoms with E-state index in [0.29, 0.717) is 18.0 Å².